The fraction of sp³-hybridized carbons (Fsp3) is 0.0625. The number of benzene rings is 2. The first kappa shape index (κ1) is 15.9. The summed E-state index contributed by atoms with van der Waals surface area (Å²) in [4.78, 5) is 11.0. The lowest BCUT2D eigenvalue weighted by atomic mass is 10.1. The lowest BCUT2D eigenvalue weighted by Gasteiger charge is -2.10. The lowest BCUT2D eigenvalue weighted by molar-refractivity contribution is -0.135. The number of rotatable bonds is 5. The van der Waals surface area contributed by atoms with Gasteiger partial charge in [-0.15, -0.1) is 0 Å². The summed E-state index contributed by atoms with van der Waals surface area (Å²) >= 11 is 5.99. The van der Waals surface area contributed by atoms with Crippen LogP contribution in [0.4, 0.5) is 4.39 Å². The molecule has 6 heteroatoms. The van der Waals surface area contributed by atoms with E-state index in [1.54, 1.807) is 24.3 Å². The van der Waals surface area contributed by atoms with Crippen molar-refractivity contribution < 1.29 is 23.8 Å². The predicted octanol–water partition coefficient (Wildman–Crippen LogP) is 4.10. The third-order valence-electron chi connectivity index (χ3n) is 2.77. The molecule has 0 unspecified atom stereocenters. The highest BCUT2D eigenvalue weighted by molar-refractivity contribution is 6.32. The van der Waals surface area contributed by atoms with E-state index in [0.29, 0.717) is 11.1 Å². The summed E-state index contributed by atoms with van der Waals surface area (Å²) in [7, 11) is 1.30. The molecule has 0 aliphatic carbocycles. The van der Waals surface area contributed by atoms with Crippen molar-refractivity contribution in [2.75, 3.05) is 7.11 Å². The highest BCUT2D eigenvalue weighted by Gasteiger charge is 2.14. The van der Waals surface area contributed by atoms with Crippen LogP contribution in [0.5, 0.6) is 5.75 Å². The van der Waals surface area contributed by atoms with Gasteiger partial charge in [0.25, 0.3) is 0 Å². The molecule has 0 fully saturated rings. The Bertz CT molecular complexity index is 728. The Hall–Kier alpha value is -2.53. The molecule has 2 aromatic carbocycles. The Kier molecular flexibility index (Phi) is 5.01. The molecule has 2 aromatic rings. The monoisotopic (exact) mass is 322 g/mol. The van der Waals surface area contributed by atoms with Crippen molar-refractivity contribution in [1.29, 1.82) is 0 Å². The number of hydrogen-bond acceptors (Lipinski definition) is 3. The second-order valence-corrected chi connectivity index (χ2v) is 4.66. The van der Waals surface area contributed by atoms with Crippen LogP contribution in [0.1, 0.15) is 0 Å². The molecule has 0 heterocycles. The third kappa shape index (κ3) is 3.56. The van der Waals surface area contributed by atoms with Crippen LogP contribution >= 0.6 is 11.6 Å². The number of hydrogen-bond donors (Lipinski definition) is 1. The topological polar surface area (TPSA) is 55.8 Å². The van der Waals surface area contributed by atoms with Crippen molar-refractivity contribution >= 4 is 17.6 Å². The molecule has 0 saturated heterocycles. The van der Waals surface area contributed by atoms with Crippen LogP contribution in [0.15, 0.2) is 54.5 Å². The third-order valence-corrected chi connectivity index (χ3v) is 3.08. The summed E-state index contributed by atoms with van der Waals surface area (Å²) in [6, 6.07) is 10.8. The van der Waals surface area contributed by atoms with Crippen LogP contribution in [0.2, 0.25) is 5.02 Å². The molecule has 22 heavy (non-hydrogen) atoms. The molecule has 0 aromatic heterocycles. The van der Waals surface area contributed by atoms with Gasteiger partial charge in [-0.25, -0.2) is 9.18 Å². The lowest BCUT2D eigenvalue weighted by Crippen LogP contribution is -2.08. The van der Waals surface area contributed by atoms with Gasteiger partial charge in [-0.2, -0.15) is 0 Å². The summed E-state index contributed by atoms with van der Waals surface area (Å²) in [5.74, 6) is -2.06. The molecular weight excluding hydrogens is 311 g/mol. The van der Waals surface area contributed by atoms with Gasteiger partial charge in [-0.1, -0.05) is 35.9 Å². The minimum atomic E-state index is -1.31. The first-order chi connectivity index (χ1) is 10.5. The maximum Gasteiger partial charge on any atom is 0.375 e. The molecule has 4 nitrogen and oxygen atoms in total. The smallest absolute Gasteiger partial charge is 0.375 e. The van der Waals surface area contributed by atoms with E-state index in [0.717, 1.165) is 6.26 Å². The summed E-state index contributed by atoms with van der Waals surface area (Å²) in [6.45, 7) is 0. The van der Waals surface area contributed by atoms with Gasteiger partial charge in [-0.05, 0) is 23.8 Å². The van der Waals surface area contributed by atoms with Crippen molar-refractivity contribution in [2.24, 2.45) is 0 Å². The first-order valence-corrected chi connectivity index (χ1v) is 6.59. The summed E-state index contributed by atoms with van der Waals surface area (Å²) in [5, 5.41) is 9.21. The Labute approximate surface area is 131 Å². The molecule has 0 amide bonds. The van der Waals surface area contributed by atoms with Crippen molar-refractivity contribution in [3.63, 3.8) is 0 Å². The van der Waals surface area contributed by atoms with E-state index in [1.807, 2.05) is 0 Å². The molecule has 0 aliphatic rings. The van der Waals surface area contributed by atoms with E-state index in [2.05, 4.69) is 4.74 Å². The SMILES string of the molecule is CO/C=C(\Oc1cc(-c2ccccc2F)ccc1Cl)C(=O)O. The van der Waals surface area contributed by atoms with E-state index >= 15 is 0 Å². The normalized spacial score (nSPS) is 11.1. The van der Waals surface area contributed by atoms with Crippen LogP contribution in [-0.4, -0.2) is 18.2 Å². The zero-order valence-electron chi connectivity index (χ0n) is 11.5. The standard InChI is InChI=1S/C16H12ClFO4/c1-21-9-15(16(19)20)22-14-8-10(6-7-12(14)17)11-4-2-3-5-13(11)18/h2-9H,1H3,(H,19,20)/b15-9-. The zero-order valence-corrected chi connectivity index (χ0v) is 12.3. The highest BCUT2D eigenvalue weighted by Crippen LogP contribution is 2.32. The molecule has 114 valence electrons. The number of methoxy groups -OCH3 is 1. The maximum absolute atomic E-state index is 13.8. The molecular formula is C16H12ClFO4. The molecule has 0 aliphatic heterocycles. The predicted molar refractivity (Wildman–Crippen MR) is 80.2 cm³/mol. The van der Waals surface area contributed by atoms with E-state index in [1.165, 1.54) is 25.3 Å². The molecule has 0 saturated carbocycles. The van der Waals surface area contributed by atoms with Crippen molar-refractivity contribution in [3.8, 4) is 16.9 Å². The van der Waals surface area contributed by atoms with Gasteiger partial charge in [0.15, 0.2) is 0 Å². The first-order valence-electron chi connectivity index (χ1n) is 6.21. The van der Waals surface area contributed by atoms with Crippen molar-refractivity contribution in [2.45, 2.75) is 0 Å². The fourth-order valence-corrected chi connectivity index (χ4v) is 1.94. The van der Waals surface area contributed by atoms with Crippen molar-refractivity contribution in [1.82, 2.24) is 0 Å². The number of aliphatic carboxylic acids is 1. The number of halogens is 2. The van der Waals surface area contributed by atoms with Gasteiger partial charge in [0.2, 0.25) is 5.76 Å². The number of carboxylic acids is 1. The number of carboxylic acid groups (broad SMARTS) is 1. The Morgan fingerprint density at radius 1 is 1.27 bits per heavy atom. The molecule has 0 radical (unpaired) electrons. The van der Waals surface area contributed by atoms with Crippen LogP contribution in [0, 0.1) is 5.82 Å². The van der Waals surface area contributed by atoms with E-state index in [-0.39, 0.29) is 10.8 Å². The zero-order chi connectivity index (χ0) is 16.1. The van der Waals surface area contributed by atoms with Gasteiger partial charge in [0.1, 0.15) is 17.8 Å². The Balaban J connectivity index is 2.42. The van der Waals surface area contributed by atoms with Gasteiger partial charge in [0.05, 0.1) is 12.1 Å². The second kappa shape index (κ2) is 6.95. The molecule has 0 atom stereocenters. The van der Waals surface area contributed by atoms with Gasteiger partial charge in [-0.3, -0.25) is 0 Å². The van der Waals surface area contributed by atoms with Crippen LogP contribution < -0.4 is 4.74 Å². The number of ether oxygens (including phenoxy) is 2. The van der Waals surface area contributed by atoms with E-state index in [4.69, 9.17) is 21.4 Å². The fourth-order valence-electron chi connectivity index (χ4n) is 1.79. The molecule has 1 N–H and O–H groups in total. The van der Waals surface area contributed by atoms with E-state index < -0.39 is 17.5 Å². The highest BCUT2D eigenvalue weighted by atomic mass is 35.5. The summed E-state index contributed by atoms with van der Waals surface area (Å²) < 4.78 is 23.7. The Morgan fingerprint density at radius 3 is 2.64 bits per heavy atom. The largest absolute Gasteiger partial charge is 0.500 e. The molecule has 2 rings (SSSR count). The average molecular weight is 323 g/mol. The van der Waals surface area contributed by atoms with Crippen LogP contribution in [-0.2, 0) is 9.53 Å². The molecule has 0 spiro atoms. The Morgan fingerprint density at radius 2 is 2.00 bits per heavy atom. The molecule has 0 bridgehead atoms. The quantitative estimate of drug-likeness (QED) is 0.665. The second-order valence-electron chi connectivity index (χ2n) is 4.25. The van der Waals surface area contributed by atoms with Crippen LogP contribution in [0.3, 0.4) is 0 Å². The van der Waals surface area contributed by atoms with Gasteiger partial charge < -0.3 is 14.6 Å². The maximum atomic E-state index is 13.8. The van der Waals surface area contributed by atoms with E-state index in [9.17, 15) is 9.18 Å². The van der Waals surface area contributed by atoms with Gasteiger partial charge >= 0.3 is 5.97 Å². The minimum absolute atomic E-state index is 0.0909. The van der Waals surface area contributed by atoms with Gasteiger partial charge in [0, 0.05) is 5.56 Å². The van der Waals surface area contributed by atoms with Crippen molar-refractivity contribution in [3.05, 3.63) is 65.3 Å². The van der Waals surface area contributed by atoms with Crippen LogP contribution in [0.25, 0.3) is 11.1 Å². The average Bonchev–Trinajstić information content (AvgIpc) is 2.49. The minimum Gasteiger partial charge on any atom is -0.500 e. The summed E-state index contributed by atoms with van der Waals surface area (Å²) in [5.41, 5.74) is 0.872. The number of carbonyl (C=O) groups is 1. The summed E-state index contributed by atoms with van der Waals surface area (Å²) in [6.07, 6.45) is 0.939.